The zero-order valence-electron chi connectivity index (χ0n) is 9.72. The van der Waals surface area contributed by atoms with Gasteiger partial charge in [0, 0.05) is 12.5 Å². The fraction of sp³-hybridized carbons (Fsp3) is 0.500. The second kappa shape index (κ2) is 5.05. The van der Waals surface area contributed by atoms with Gasteiger partial charge in [-0.3, -0.25) is 9.78 Å². The molecule has 98 valence electrons. The summed E-state index contributed by atoms with van der Waals surface area (Å²) in [5.41, 5.74) is 5.56. The summed E-state index contributed by atoms with van der Waals surface area (Å²) in [7, 11) is 0. The van der Waals surface area contributed by atoms with Crippen LogP contribution in [0.5, 0.6) is 0 Å². The number of nitrogens with zero attached hydrogens (tertiary/aromatic N) is 2. The van der Waals surface area contributed by atoms with E-state index in [0.29, 0.717) is 31.1 Å². The summed E-state index contributed by atoms with van der Waals surface area (Å²) in [6, 6.07) is 0. The lowest BCUT2D eigenvalue weighted by molar-refractivity contribution is -0.112. The van der Waals surface area contributed by atoms with Crippen molar-refractivity contribution >= 4 is 23.7 Å². The number of aliphatic hydroxyl groups is 1. The molecule has 1 atom stereocenters. The van der Waals surface area contributed by atoms with Crippen molar-refractivity contribution in [1.82, 2.24) is 9.97 Å². The van der Waals surface area contributed by atoms with E-state index in [0.717, 1.165) is 6.29 Å². The Kier molecular flexibility index (Phi) is 3.47. The Balaban J connectivity index is 2.12. The van der Waals surface area contributed by atoms with Crippen LogP contribution in [0.15, 0.2) is 4.79 Å². The van der Waals surface area contributed by atoms with Crippen molar-refractivity contribution in [2.45, 2.75) is 6.42 Å². The number of aliphatic hydroxyl groups excluding tert-OH is 1. The molecule has 0 saturated carbocycles. The van der Waals surface area contributed by atoms with Crippen molar-refractivity contribution in [3.8, 4) is 0 Å². The van der Waals surface area contributed by atoms with E-state index in [2.05, 4.69) is 15.3 Å². The van der Waals surface area contributed by atoms with Gasteiger partial charge >= 0.3 is 0 Å². The Morgan fingerprint density at radius 2 is 2.39 bits per heavy atom. The number of anilines is 3. The second-order valence-corrected chi connectivity index (χ2v) is 4.12. The highest BCUT2D eigenvalue weighted by molar-refractivity contribution is 5.70. The molecule has 18 heavy (non-hydrogen) atoms. The number of fused-ring (bicyclic) bond motifs is 1. The van der Waals surface area contributed by atoms with Gasteiger partial charge in [-0.15, -0.1) is 0 Å². The van der Waals surface area contributed by atoms with Gasteiger partial charge in [0.25, 0.3) is 5.56 Å². The summed E-state index contributed by atoms with van der Waals surface area (Å²) in [5, 5.41) is 11.8. The minimum absolute atomic E-state index is 0.0570. The highest BCUT2D eigenvalue weighted by Crippen LogP contribution is 2.25. The number of hydrogen-bond acceptors (Lipinski definition) is 7. The molecule has 0 aromatic carbocycles. The van der Waals surface area contributed by atoms with Crippen LogP contribution < -0.4 is 21.5 Å². The van der Waals surface area contributed by atoms with Crippen molar-refractivity contribution < 1.29 is 9.90 Å². The molecular formula is C10H15N5O3. The Hall–Kier alpha value is -2.09. The number of nitrogens with one attached hydrogen (secondary N) is 2. The number of nitrogens with two attached hydrogens (primary N) is 1. The largest absolute Gasteiger partial charge is 0.396 e. The van der Waals surface area contributed by atoms with Gasteiger partial charge in [-0.05, 0) is 6.42 Å². The molecule has 0 amide bonds. The first-order valence-electron chi connectivity index (χ1n) is 5.60. The maximum Gasteiger partial charge on any atom is 0.277 e. The SMILES string of the molecule is Nc1nc2c(c(=O)[nH]1)NCN2CCC(C=O)CO. The lowest BCUT2D eigenvalue weighted by atomic mass is 10.1. The first-order chi connectivity index (χ1) is 8.65. The van der Waals surface area contributed by atoms with E-state index >= 15 is 0 Å². The first kappa shape index (κ1) is 12.4. The molecule has 5 N–H and O–H groups in total. The monoisotopic (exact) mass is 253 g/mol. The van der Waals surface area contributed by atoms with Crippen LogP contribution in [-0.2, 0) is 4.79 Å². The van der Waals surface area contributed by atoms with Crippen molar-refractivity contribution in [2.75, 3.05) is 35.8 Å². The number of aromatic nitrogens is 2. The average Bonchev–Trinajstić information content (AvgIpc) is 2.74. The third-order valence-electron chi connectivity index (χ3n) is 2.86. The zero-order valence-corrected chi connectivity index (χ0v) is 9.72. The maximum absolute atomic E-state index is 11.6. The molecule has 0 saturated heterocycles. The lowest BCUT2D eigenvalue weighted by Crippen LogP contribution is -2.27. The number of rotatable bonds is 5. The normalized spacial score (nSPS) is 15.1. The zero-order chi connectivity index (χ0) is 13.1. The van der Waals surface area contributed by atoms with E-state index in [4.69, 9.17) is 10.8 Å². The highest BCUT2D eigenvalue weighted by atomic mass is 16.3. The lowest BCUT2D eigenvalue weighted by Gasteiger charge is -2.18. The second-order valence-electron chi connectivity index (χ2n) is 4.12. The highest BCUT2D eigenvalue weighted by Gasteiger charge is 2.24. The molecule has 0 fully saturated rings. The summed E-state index contributed by atoms with van der Waals surface area (Å²) in [4.78, 5) is 30.5. The standard InChI is InChI=1S/C10H15N5O3/c11-10-13-8-7(9(18)14-10)12-5-15(8)2-1-6(3-16)4-17/h3,6,12,17H,1-2,4-5H2,(H3,11,13,14,18). The van der Waals surface area contributed by atoms with Crippen LogP contribution in [0.3, 0.4) is 0 Å². The van der Waals surface area contributed by atoms with Gasteiger partial charge in [0.15, 0.2) is 5.82 Å². The Bertz CT molecular complexity index is 501. The van der Waals surface area contributed by atoms with Crippen molar-refractivity contribution in [1.29, 1.82) is 0 Å². The Morgan fingerprint density at radius 3 is 3.06 bits per heavy atom. The molecule has 1 unspecified atom stereocenters. The molecule has 0 bridgehead atoms. The molecule has 0 radical (unpaired) electrons. The van der Waals surface area contributed by atoms with E-state index in [1.807, 2.05) is 4.90 Å². The van der Waals surface area contributed by atoms with Crippen LogP contribution in [0.4, 0.5) is 17.5 Å². The molecular weight excluding hydrogens is 238 g/mol. The Labute approximate surface area is 103 Å². The molecule has 2 rings (SSSR count). The van der Waals surface area contributed by atoms with Crippen LogP contribution in [0.2, 0.25) is 0 Å². The van der Waals surface area contributed by atoms with Crippen molar-refractivity contribution in [3.05, 3.63) is 10.4 Å². The fourth-order valence-corrected chi connectivity index (χ4v) is 1.82. The number of carbonyl (C=O) groups excluding carboxylic acids is 1. The van der Waals surface area contributed by atoms with Crippen LogP contribution in [0, 0.1) is 5.92 Å². The maximum atomic E-state index is 11.6. The fourth-order valence-electron chi connectivity index (χ4n) is 1.82. The van der Waals surface area contributed by atoms with Crippen LogP contribution >= 0.6 is 0 Å². The number of aldehydes is 1. The average molecular weight is 253 g/mol. The molecule has 1 aromatic rings. The van der Waals surface area contributed by atoms with Gasteiger partial charge in [-0.1, -0.05) is 0 Å². The molecule has 1 aromatic heterocycles. The van der Waals surface area contributed by atoms with E-state index in [9.17, 15) is 9.59 Å². The molecule has 0 aliphatic carbocycles. The van der Waals surface area contributed by atoms with E-state index in [1.54, 1.807) is 0 Å². The number of H-pyrrole nitrogens is 1. The number of nitrogen functional groups attached to an aromatic ring is 1. The van der Waals surface area contributed by atoms with Crippen molar-refractivity contribution in [3.63, 3.8) is 0 Å². The van der Waals surface area contributed by atoms with Gasteiger partial charge in [0.2, 0.25) is 5.95 Å². The van der Waals surface area contributed by atoms with E-state index in [1.165, 1.54) is 0 Å². The number of carbonyl (C=O) groups is 1. The number of aromatic amines is 1. The third-order valence-corrected chi connectivity index (χ3v) is 2.86. The quantitative estimate of drug-likeness (QED) is 0.483. The van der Waals surface area contributed by atoms with Gasteiger partial charge in [0.05, 0.1) is 13.3 Å². The molecule has 0 spiro atoms. The van der Waals surface area contributed by atoms with Crippen molar-refractivity contribution in [2.24, 2.45) is 5.92 Å². The molecule has 8 heteroatoms. The van der Waals surface area contributed by atoms with Crippen LogP contribution in [-0.4, -0.2) is 41.2 Å². The van der Waals surface area contributed by atoms with Gasteiger partial charge < -0.3 is 25.9 Å². The summed E-state index contributed by atoms with van der Waals surface area (Å²) in [5.74, 6) is 0.147. The summed E-state index contributed by atoms with van der Waals surface area (Å²) in [6.07, 6.45) is 1.22. The van der Waals surface area contributed by atoms with Crippen LogP contribution in [0.1, 0.15) is 6.42 Å². The minimum Gasteiger partial charge on any atom is -0.396 e. The molecule has 8 nitrogen and oxygen atoms in total. The summed E-state index contributed by atoms with van der Waals surface area (Å²) < 4.78 is 0. The van der Waals surface area contributed by atoms with Gasteiger partial charge in [0.1, 0.15) is 12.0 Å². The van der Waals surface area contributed by atoms with Gasteiger partial charge in [-0.2, -0.15) is 4.98 Å². The summed E-state index contributed by atoms with van der Waals surface area (Å²) in [6.45, 7) is 0.772. The predicted molar refractivity (Wildman–Crippen MR) is 66.4 cm³/mol. The van der Waals surface area contributed by atoms with E-state index in [-0.39, 0.29) is 18.1 Å². The molecule has 2 heterocycles. The first-order valence-corrected chi connectivity index (χ1v) is 5.60. The minimum atomic E-state index is -0.395. The summed E-state index contributed by atoms with van der Waals surface area (Å²) >= 11 is 0. The molecule has 1 aliphatic heterocycles. The smallest absolute Gasteiger partial charge is 0.277 e. The third kappa shape index (κ3) is 2.28. The van der Waals surface area contributed by atoms with E-state index < -0.39 is 5.92 Å². The number of hydrogen-bond donors (Lipinski definition) is 4. The predicted octanol–water partition coefficient (Wildman–Crippen LogP) is -1.26. The molecule has 1 aliphatic rings. The Morgan fingerprint density at radius 1 is 1.61 bits per heavy atom. The van der Waals surface area contributed by atoms with Gasteiger partial charge in [-0.25, -0.2) is 0 Å². The van der Waals surface area contributed by atoms with Crippen LogP contribution in [0.25, 0.3) is 0 Å². The topological polar surface area (TPSA) is 124 Å².